The molecule has 2 heterocycles. The Morgan fingerprint density at radius 3 is 2.67 bits per heavy atom. The van der Waals surface area contributed by atoms with E-state index in [2.05, 4.69) is 25.9 Å². The molecule has 0 saturated heterocycles. The third kappa shape index (κ3) is 5.54. The van der Waals surface area contributed by atoms with Gasteiger partial charge in [-0.2, -0.15) is 0 Å². The molecular weight excluding hydrogens is 423 g/mol. The number of allylic oxidation sites excluding steroid dienone is 1. The van der Waals surface area contributed by atoms with E-state index in [9.17, 15) is 14.0 Å². The predicted molar refractivity (Wildman–Crippen MR) is 125 cm³/mol. The molecule has 0 spiro atoms. The van der Waals surface area contributed by atoms with E-state index < -0.39 is 11.7 Å². The average molecular weight is 453 g/mol. The van der Waals surface area contributed by atoms with Gasteiger partial charge in [-0.25, -0.2) is 14.4 Å². The molecule has 9 heteroatoms. The van der Waals surface area contributed by atoms with Crippen LogP contribution in [0.15, 0.2) is 54.0 Å². The smallest absolute Gasteiger partial charge is 0.276 e. The molecule has 2 amide bonds. The molecular formula is C24H29FN6O2. The maximum atomic E-state index is 13.7. The summed E-state index contributed by atoms with van der Waals surface area (Å²) in [4.78, 5) is 36.6. The van der Waals surface area contributed by atoms with Crippen LogP contribution >= 0.6 is 0 Å². The minimum absolute atomic E-state index is 0.00910. The summed E-state index contributed by atoms with van der Waals surface area (Å²) in [6.07, 6.45) is 5.87. The average Bonchev–Trinajstić information content (AvgIpc) is 2.91. The van der Waals surface area contributed by atoms with Crippen LogP contribution in [0.25, 0.3) is 0 Å². The monoisotopic (exact) mass is 452 g/mol. The predicted octanol–water partition coefficient (Wildman–Crippen LogP) is 3.45. The molecule has 0 aliphatic carbocycles. The maximum Gasteiger partial charge on any atom is 0.276 e. The van der Waals surface area contributed by atoms with E-state index in [0.717, 1.165) is 0 Å². The number of benzene rings is 1. The number of nitrogens with one attached hydrogen (secondary N) is 3. The van der Waals surface area contributed by atoms with E-state index in [1.807, 2.05) is 38.8 Å². The van der Waals surface area contributed by atoms with Gasteiger partial charge in [-0.05, 0) is 37.6 Å². The lowest BCUT2D eigenvalue weighted by Gasteiger charge is -2.27. The zero-order valence-electron chi connectivity index (χ0n) is 19.4. The summed E-state index contributed by atoms with van der Waals surface area (Å²) in [5, 5.41) is 8.50. The van der Waals surface area contributed by atoms with Gasteiger partial charge in [0.05, 0.1) is 17.6 Å². The van der Waals surface area contributed by atoms with Gasteiger partial charge in [0.1, 0.15) is 17.3 Å². The summed E-state index contributed by atoms with van der Waals surface area (Å²) in [6.45, 7) is 5.85. The third-order valence-corrected chi connectivity index (χ3v) is 5.36. The summed E-state index contributed by atoms with van der Waals surface area (Å²) >= 11 is 0. The SMILES string of the molecule is CNC(=O)C1=C(NC(=O)c2nc(C(C)C)ncc2Nc2cccc(F)c2)C=CCC(C)N1C. The highest BCUT2D eigenvalue weighted by atomic mass is 19.1. The van der Waals surface area contributed by atoms with Crippen LogP contribution in [0.5, 0.6) is 0 Å². The number of hydrogen-bond donors (Lipinski definition) is 3. The lowest BCUT2D eigenvalue weighted by atomic mass is 10.2. The van der Waals surface area contributed by atoms with Crippen molar-refractivity contribution in [3.63, 3.8) is 0 Å². The van der Waals surface area contributed by atoms with E-state index in [1.54, 1.807) is 25.3 Å². The van der Waals surface area contributed by atoms with E-state index >= 15 is 0 Å². The van der Waals surface area contributed by atoms with Gasteiger partial charge in [-0.3, -0.25) is 9.59 Å². The minimum atomic E-state index is -0.512. The topological polar surface area (TPSA) is 99.2 Å². The first kappa shape index (κ1) is 23.9. The van der Waals surface area contributed by atoms with Crippen molar-refractivity contribution in [3.8, 4) is 0 Å². The van der Waals surface area contributed by atoms with Gasteiger partial charge in [0.25, 0.3) is 11.8 Å². The Morgan fingerprint density at radius 1 is 1.24 bits per heavy atom. The number of carbonyl (C=O) groups excluding carboxylic acids is 2. The Hall–Kier alpha value is -3.75. The summed E-state index contributed by atoms with van der Waals surface area (Å²) < 4.78 is 13.7. The molecule has 1 aromatic heterocycles. The number of aromatic nitrogens is 2. The molecule has 33 heavy (non-hydrogen) atoms. The first-order valence-corrected chi connectivity index (χ1v) is 10.8. The van der Waals surface area contributed by atoms with Crippen molar-refractivity contribution in [2.24, 2.45) is 0 Å². The second kappa shape index (κ2) is 10.2. The number of nitrogens with zero attached hydrogens (tertiary/aromatic N) is 3. The van der Waals surface area contributed by atoms with Crippen molar-refractivity contribution >= 4 is 23.2 Å². The second-order valence-corrected chi connectivity index (χ2v) is 8.17. The molecule has 1 unspecified atom stereocenters. The van der Waals surface area contributed by atoms with Crippen LogP contribution in [0.4, 0.5) is 15.8 Å². The summed E-state index contributed by atoms with van der Waals surface area (Å²) in [5.74, 6) is -0.748. The highest BCUT2D eigenvalue weighted by Crippen LogP contribution is 2.23. The van der Waals surface area contributed by atoms with Crippen LogP contribution in [-0.4, -0.2) is 46.8 Å². The van der Waals surface area contributed by atoms with Crippen LogP contribution in [0.2, 0.25) is 0 Å². The van der Waals surface area contributed by atoms with Crippen molar-refractivity contribution in [1.82, 2.24) is 25.5 Å². The fourth-order valence-corrected chi connectivity index (χ4v) is 3.37. The van der Waals surface area contributed by atoms with Gasteiger partial charge >= 0.3 is 0 Å². The van der Waals surface area contributed by atoms with E-state index in [-0.39, 0.29) is 23.6 Å². The van der Waals surface area contributed by atoms with Gasteiger partial charge in [0, 0.05) is 31.7 Å². The summed E-state index contributed by atoms with van der Waals surface area (Å²) in [7, 11) is 3.36. The number of halogens is 1. The van der Waals surface area contributed by atoms with Gasteiger partial charge < -0.3 is 20.9 Å². The van der Waals surface area contributed by atoms with Gasteiger partial charge in [-0.15, -0.1) is 0 Å². The van der Waals surface area contributed by atoms with Gasteiger partial charge in [-0.1, -0.05) is 26.0 Å². The van der Waals surface area contributed by atoms with Crippen LogP contribution < -0.4 is 16.0 Å². The van der Waals surface area contributed by atoms with Gasteiger partial charge in [0.15, 0.2) is 5.69 Å². The van der Waals surface area contributed by atoms with Crippen LogP contribution in [0, 0.1) is 5.82 Å². The van der Waals surface area contributed by atoms with E-state index in [4.69, 9.17) is 0 Å². The number of carbonyl (C=O) groups is 2. The standard InChI is InChI=1S/C24H29FN6O2/c1-14(2)22-27-13-19(28-17-10-7-9-16(25)12-17)20(30-22)23(32)29-18-11-6-8-15(3)31(5)21(18)24(33)26-4/h6-7,9-15,28H,8H2,1-5H3,(H,26,33)(H,29,32). The molecule has 174 valence electrons. The van der Waals surface area contributed by atoms with E-state index in [0.29, 0.717) is 35.0 Å². The molecule has 1 aliphatic rings. The molecule has 0 saturated carbocycles. The number of hydrogen-bond acceptors (Lipinski definition) is 6. The maximum absolute atomic E-state index is 13.7. The Balaban J connectivity index is 2.03. The van der Waals surface area contributed by atoms with Crippen LogP contribution in [-0.2, 0) is 4.79 Å². The first-order chi connectivity index (χ1) is 15.7. The highest BCUT2D eigenvalue weighted by Gasteiger charge is 2.26. The number of likely N-dealkylation sites (N-methyl/N-ethyl adjacent to an activating group) is 2. The molecule has 0 fully saturated rings. The molecule has 0 radical (unpaired) electrons. The zero-order chi connectivity index (χ0) is 24.1. The van der Waals surface area contributed by atoms with Crippen LogP contribution in [0.3, 0.4) is 0 Å². The molecule has 1 aromatic carbocycles. The fourth-order valence-electron chi connectivity index (χ4n) is 3.37. The molecule has 8 nitrogen and oxygen atoms in total. The molecule has 1 atom stereocenters. The normalized spacial score (nSPS) is 16.0. The van der Waals surface area contributed by atoms with Gasteiger partial charge in [0.2, 0.25) is 0 Å². The van der Waals surface area contributed by atoms with Crippen LogP contribution in [0.1, 0.15) is 49.4 Å². The van der Waals surface area contributed by atoms with Crippen molar-refractivity contribution in [2.75, 3.05) is 19.4 Å². The first-order valence-electron chi connectivity index (χ1n) is 10.8. The molecule has 2 aromatic rings. The molecule has 1 aliphatic heterocycles. The lowest BCUT2D eigenvalue weighted by molar-refractivity contribution is -0.118. The highest BCUT2D eigenvalue weighted by molar-refractivity contribution is 6.01. The molecule has 3 rings (SSSR count). The third-order valence-electron chi connectivity index (χ3n) is 5.36. The molecule has 0 bridgehead atoms. The Morgan fingerprint density at radius 2 is 2.00 bits per heavy atom. The lowest BCUT2D eigenvalue weighted by Crippen LogP contribution is -2.39. The van der Waals surface area contributed by atoms with Crippen molar-refractivity contribution in [1.29, 1.82) is 0 Å². The quantitative estimate of drug-likeness (QED) is 0.621. The second-order valence-electron chi connectivity index (χ2n) is 8.17. The Kier molecular flexibility index (Phi) is 7.42. The summed E-state index contributed by atoms with van der Waals surface area (Å²) in [6, 6.07) is 5.96. The van der Waals surface area contributed by atoms with Crippen molar-refractivity contribution in [3.05, 3.63) is 71.3 Å². The van der Waals surface area contributed by atoms with Crippen molar-refractivity contribution in [2.45, 2.75) is 39.2 Å². The Bertz CT molecular complexity index is 1110. The largest absolute Gasteiger partial charge is 0.365 e. The zero-order valence-corrected chi connectivity index (χ0v) is 19.4. The minimum Gasteiger partial charge on any atom is -0.365 e. The van der Waals surface area contributed by atoms with E-state index in [1.165, 1.54) is 18.3 Å². The molecule has 3 N–H and O–H groups in total. The summed E-state index contributed by atoms with van der Waals surface area (Å²) in [5.41, 5.74) is 1.59. The number of rotatable bonds is 6. The Labute approximate surface area is 193 Å². The van der Waals surface area contributed by atoms with Crippen molar-refractivity contribution < 1.29 is 14.0 Å². The number of amides is 2. The fraction of sp³-hybridized carbons (Fsp3) is 0.333. The number of anilines is 2.